The second-order valence-corrected chi connectivity index (χ2v) is 12.5. The molecule has 0 atom stereocenters. The van der Waals surface area contributed by atoms with Crippen molar-refractivity contribution in [3.63, 3.8) is 0 Å². The van der Waals surface area contributed by atoms with Crippen molar-refractivity contribution in [1.82, 2.24) is 39.8 Å². The Morgan fingerprint density at radius 1 is 1.00 bits per heavy atom. The minimum absolute atomic E-state index is 0. The van der Waals surface area contributed by atoms with Gasteiger partial charge in [0.15, 0.2) is 0 Å². The van der Waals surface area contributed by atoms with Crippen LogP contribution in [0.1, 0.15) is 94.4 Å². The van der Waals surface area contributed by atoms with Crippen molar-refractivity contribution >= 4 is 5.78 Å². The zero-order valence-electron chi connectivity index (χ0n) is 28.2. The number of hydrogen-bond acceptors (Lipinski definition) is 8. The molecule has 0 unspecified atom stereocenters. The van der Waals surface area contributed by atoms with Crippen molar-refractivity contribution in [3.8, 4) is 22.5 Å². The SMILES string of the molecule is CCCc1c(Cc2ccc(-c3ccccc3-c3nnn[n-]3)cc2)c(=O)n(C2CCC(OCC(O)(CC)CC)CC2)c2nc(C)nn12.[K+]. The van der Waals surface area contributed by atoms with Gasteiger partial charge in [0.2, 0.25) is 5.78 Å². The molecule has 0 saturated heterocycles. The van der Waals surface area contributed by atoms with E-state index in [9.17, 15) is 9.90 Å². The first-order chi connectivity index (χ1) is 22.3. The van der Waals surface area contributed by atoms with E-state index in [4.69, 9.17) is 14.8 Å². The topological polar surface area (TPSA) is 134 Å². The number of ether oxygens (including phenoxy) is 1. The van der Waals surface area contributed by atoms with Crippen LogP contribution in [0.3, 0.4) is 0 Å². The summed E-state index contributed by atoms with van der Waals surface area (Å²) >= 11 is 0. The molecule has 0 bridgehead atoms. The number of aryl methyl sites for hydroxylation is 2. The Kier molecular flexibility index (Phi) is 12.0. The molecule has 1 N–H and O–H groups in total. The van der Waals surface area contributed by atoms with E-state index < -0.39 is 5.60 Å². The molecule has 3 aromatic heterocycles. The third-order valence-electron chi connectivity index (χ3n) is 9.52. The molecule has 242 valence electrons. The van der Waals surface area contributed by atoms with Gasteiger partial charge in [0.25, 0.3) is 5.56 Å². The van der Waals surface area contributed by atoms with E-state index in [1.165, 1.54) is 0 Å². The standard InChI is InChI=1S/C35H43N8O3.K/c1-5-10-31-30(21-24-13-15-25(16-14-24)28-11-8-9-12-29(28)32-37-40-41-38-32)33(44)42(34-36-23(4)39-43(31)34)26-17-19-27(20-18-26)46-22-35(45,6-2)7-3;/h8-9,11-16,26-27,45H,5-7,10,17-22H2,1-4H3;/q-1;+1. The number of nitrogens with zero attached hydrogens (tertiary/aromatic N) is 8. The molecule has 47 heavy (non-hydrogen) atoms. The van der Waals surface area contributed by atoms with Gasteiger partial charge in [0, 0.05) is 23.9 Å². The van der Waals surface area contributed by atoms with E-state index in [-0.39, 0.29) is 69.1 Å². The smallest absolute Gasteiger partial charge is 0.388 e. The molecule has 2 aromatic carbocycles. The molecule has 0 aliphatic heterocycles. The normalized spacial score (nSPS) is 16.8. The number of benzene rings is 2. The van der Waals surface area contributed by atoms with Gasteiger partial charge in [-0.05, 0) is 74.1 Å². The summed E-state index contributed by atoms with van der Waals surface area (Å²) in [5.74, 6) is 1.77. The number of tetrazole rings is 1. The van der Waals surface area contributed by atoms with Gasteiger partial charge in [-0.2, -0.15) is 15.3 Å². The van der Waals surface area contributed by atoms with Crippen LogP contribution in [0.25, 0.3) is 28.3 Å². The summed E-state index contributed by atoms with van der Waals surface area (Å²) in [5.41, 5.74) is 4.86. The number of hydrogen-bond donors (Lipinski definition) is 1. The molecule has 1 aliphatic rings. The van der Waals surface area contributed by atoms with E-state index in [0.717, 1.165) is 72.0 Å². The van der Waals surface area contributed by atoms with Gasteiger partial charge in [-0.1, -0.05) is 75.7 Å². The van der Waals surface area contributed by atoms with Crippen molar-refractivity contribution in [1.29, 1.82) is 0 Å². The van der Waals surface area contributed by atoms with Crippen LogP contribution in [0.4, 0.5) is 0 Å². The minimum Gasteiger partial charge on any atom is -0.388 e. The molecule has 1 saturated carbocycles. The van der Waals surface area contributed by atoms with Gasteiger partial charge in [-0.3, -0.25) is 19.7 Å². The Balaban J connectivity index is 0.00000433. The Morgan fingerprint density at radius 3 is 2.34 bits per heavy atom. The van der Waals surface area contributed by atoms with Crippen molar-refractivity contribution in [2.75, 3.05) is 6.61 Å². The largest absolute Gasteiger partial charge is 1.00 e. The minimum atomic E-state index is -0.780. The van der Waals surface area contributed by atoms with Crippen LogP contribution in [-0.2, 0) is 17.6 Å². The van der Waals surface area contributed by atoms with Crippen molar-refractivity contribution in [2.45, 2.75) is 103 Å². The third kappa shape index (κ3) is 7.69. The predicted octanol–water partition coefficient (Wildman–Crippen LogP) is 2.27. The van der Waals surface area contributed by atoms with Gasteiger partial charge in [-0.15, -0.1) is 0 Å². The van der Waals surface area contributed by atoms with Crippen LogP contribution < -0.4 is 62.0 Å². The monoisotopic (exact) mass is 662 g/mol. The third-order valence-corrected chi connectivity index (χ3v) is 9.52. The summed E-state index contributed by atoms with van der Waals surface area (Å²) in [7, 11) is 0. The maximum Gasteiger partial charge on any atom is 1.00 e. The van der Waals surface area contributed by atoms with E-state index in [1.54, 1.807) is 0 Å². The second-order valence-electron chi connectivity index (χ2n) is 12.5. The maximum absolute atomic E-state index is 14.5. The quantitative estimate of drug-likeness (QED) is 0.200. The molecular formula is C35H43KN8O3. The summed E-state index contributed by atoms with van der Waals surface area (Å²) in [6.07, 6.45) is 6.80. The first kappa shape index (κ1) is 35.7. The van der Waals surface area contributed by atoms with Gasteiger partial charge in [0.05, 0.1) is 24.0 Å². The molecular weight excluding hydrogens is 620 g/mol. The van der Waals surface area contributed by atoms with Gasteiger partial charge < -0.3 is 14.9 Å². The van der Waals surface area contributed by atoms with Crippen LogP contribution in [0.15, 0.2) is 53.3 Å². The number of aliphatic hydroxyl groups is 1. The predicted molar refractivity (Wildman–Crippen MR) is 176 cm³/mol. The first-order valence-corrected chi connectivity index (χ1v) is 16.5. The fourth-order valence-corrected chi connectivity index (χ4v) is 6.61. The summed E-state index contributed by atoms with van der Waals surface area (Å²) in [5, 5.41) is 30.9. The number of fused-ring (bicyclic) bond motifs is 1. The molecule has 12 heteroatoms. The Labute approximate surface area is 318 Å². The fourth-order valence-electron chi connectivity index (χ4n) is 6.61. The molecule has 5 aromatic rings. The fraction of sp³-hybridized carbons (Fsp3) is 0.486. The molecule has 6 rings (SSSR count). The van der Waals surface area contributed by atoms with Crippen molar-refractivity contribution < 1.29 is 61.2 Å². The Morgan fingerprint density at radius 2 is 1.70 bits per heavy atom. The molecule has 1 fully saturated rings. The molecule has 1 aliphatic carbocycles. The summed E-state index contributed by atoms with van der Waals surface area (Å²) in [6.45, 7) is 8.34. The van der Waals surface area contributed by atoms with Crippen molar-refractivity contribution in [2.24, 2.45) is 0 Å². The van der Waals surface area contributed by atoms with Crippen LogP contribution in [0, 0.1) is 6.92 Å². The van der Waals surface area contributed by atoms with Crippen LogP contribution in [-0.4, -0.2) is 58.1 Å². The maximum atomic E-state index is 14.5. The van der Waals surface area contributed by atoms with E-state index >= 15 is 0 Å². The average molecular weight is 663 g/mol. The van der Waals surface area contributed by atoms with Crippen LogP contribution in [0.2, 0.25) is 0 Å². The molecule has 0 spiro atoms. The average Bonchev–Trinajstić information content (AvgIpc) is 3.76. The number of rotatable bonds is 12. The van der Waals surface area contributed by atoms with Crippen LogP contribution in [0.5, 0.6) is 0 Å². The summed E-state index contributed by atoms with van der Waals surface area (Å²) in [4.78, 5) is 19.2. The zero-order chi connectivity index (χ0) is 32.3. The summed E-state index contributed by atoms with van der Waals surface area (Å²) < 4.78 is 9.98. The molecule has 0 amide bonds. The molecule has 0 radical (unpaired) electrons. The zero-order valence-corrected chi connectivity index (χ0v) is 31.3. The Bertz CT molecular complexity index is 1820. The van der Waals surface area contributed by atoms with E-state index in [0.29, 0.717) is 43.3 Å². The van der Waals surface area contributed by atoms with Crippen molar-refractivity contribution in [3.05, 3.63) is 81.5 Å². The van der Waals surface area contributed by atoms with E-state index in [1.807, 2.05) is 54.1 Å². The molecule has 11 nitrogen and oxygen atoms in total. The van der Waals surface area contributed by atoms with Gasteiger partial charge in [0.1, 0.15) is 5.82 Å². The van der Waals surface area contributed by atoms with Gasteiger partial charge in [-0.25, -0.2) is 4.52 Å². The first-order valence-electron chi connectivity index (χ1n) is 16.5. The van der Waals surface area contributed by atoms with E-state index in [2.05, 4.69) is 51.8 Å². The van der Waals surface area contributed by atoms with Crippen LogP contribution >= 0.6 is 0 Å². The Hall–Kier alpha value is -2.58. The van der Waals surface area contributed by atoms with Gasteiger partial charge >= 0.3 is 51.4 Å². The summed E-state index contributed by atoms with van der Waals surface area (Å²) in [6, 6.07) is 16.3. The second kappa shape index (κ2) is 15.8. The number of aromatic nitrogens is 8. The molecule has 3 heterocycles.